The van der Waals surface area contributed by atoms with Gasteiger partial charge >= 0.3 is 0 Å². The van der Waals surface area contributed by atoms with E-state index in [1.807, 2.05) is 0 Å². The number of benzene rings is 1. The second kappa shape index (κ2) is 7.03. The molecular formula is C16H16N4O2. The Hall–Kier alpha value is -3.15. The molecule has 1 aromatic heterocycles. The Morgan fingerprint density at radius 3 is 2.59 bits per heavy atom. The molecule has 0 fully saturated rings. The molecule has 0 bridgehead atoms. The lowest BCUT2D eigenvalue weighted by atomic mass is 10.1. The predicted molar refractivity (Wildman–Crippen MR) is 83.8 cm³/mol. The van der Waals surface area contributed by atoms with E-state index in [9.17, 15) is 9.59 Å². The van der Waals surface area contributed by atoms with Gasteiger partial charge in [-0.05, 0) is 31.2 Å². The van der Waals surface area contributed by atoms with Crippen molar-refractivity contribution >= 4 is 17.4 Å². The van der Waals surface area contributed by atoms with Gasteiger partial charge in [0, 0.05) is 35.4 Å². The molecule has 0 aliphatic rings. The van der Waals surface area contributed by atoms with Gasteiger partial charge < -0.3 is 11.2 Å². The van der Waals surface area contributed by atoms with Crippen LogP contribution in [0.4, 0.5) is 5.69 Å². The zero-order valence-corrected chi connectivity index (χ0v) is 12.0. The molecule has 6 heteroatoms. The molecular weight excluding hydrogens is 280 g/mol. The smallest absolute Gasteiger partial charge is 0.271 e. The fourth-order valence-electron chi connectivity index (χ4n) is 1.75. The van der Waals surface area contributed by atoms with Crippen LogP contribution in [0, 0.1) is 0 Å². The first-order chi connectivity index (χ1) is 10.6. The summed E-state index contributed by atoms with van der Waals surface area (Å²) in [5.41, 5.74) is 12.6. The number of anilines is 1. The number of nitrogens with two attached hydrogens (primary N) is 1. The van der Waals surface area contributed by atoms with Crippen molar-refractivity contribution in [3.63, 3.8) is 0 Å². The second-order valence-corrected chi connectivity index (χ2v) is 4.60. The molecule has 1 heterocycles. The third kappa shape index (κ3) is 3.92. The Morgan fingerprint density at radius 2 is 1.91 bits per heavy atom. The first kappa shape index (κ1) is 15.2. The first-order valence-electron chi connectivity index (χ1n) is 6.61. The SMILES string of the molecule is C/C(=C\C(=O)c1cccnc1)NNC(=O)c1ccccc1N. The maximum Gasteiger partial charge on any atom is 0.271 e. The molecule has 1 amide bonds. The summed E-state index contributed by atoms with van der Waals surface area (Å²) in [6.45, 7) is 1.67. The minimum Gasteiger partial charge on any atom is -0.398 e. The van der Waals surface area contributed by atoms with Gasteiger partial charge in [-0.15, -0.1) is 0 Å². The Balaban J connectivity index is 1.97. The van der Waals surface area contributed by atoms with Gasteiger partial charge in [0.1, 0.15) is 0 Å². The van der Waals surface area contributed by atoms with E-state index < -0.39 is 0 Å². The molecule has 2 aromatic rings. The van der Waals surface area contributed by atoms with Gasteiger partial charge in [0.05, 0.1) is 5.56 Å². The van der Waals surface area contributed by atoms with E-state index in [1.165, 1.54) is 12.3 Å². The van der Waals surface area contributed by atoms with E-state index in [4.69, 9.17) is 5.73 Å². The standard InChI is InChI=1S/C16H16N4O2/c1-11(9-15(21)12-5-4-8-18-10-12)19-20-16(22)13-6-2-3-7-14(13)17/h2-10,19H,17H2,1H3,(H,20,22)/b11-9+. The van der Waals surface area contributed by atoms with Gasteiger partial charge in [0.15, 0.2) is 5.78 Å². The molecule has 0 radical (unpaired) electrons. The van der Waals surface area contributed by atoms with Crippen LogP contribution in [0.15, 0.2) is 60.6 Å². The van der Waals surface area contributed by atoms with Crippen molar-refractivity contribution < 1.29 is 9.59 Å². The molecule has 0 saturated carbocycles. The summed E-state index contributed by atoms with van der Waals surface area (Å²) in [4.78, 5) is 27.8. The summed E-state index contributed by atoms with van der Waals surface area (Å²) in [6.07, 6.45) is 4.46. The lowest BCUT2D eigenvalue weighted by Gasteiger charge is -2.10. The topological polar surface area (TPSA) is 97.1 Å². The van der Waals surface area contributed by atoms with Crippen LogP contribution in [0.2, 0.25) is 0 Å². The fraction of sp³-hybridized carbons (Fsp3) is 0.0625. The number of nitrogen functional groups attached to an aromatic ring is 1. The van der Waals surface area contributed by atoms with Gasteiger partial charge in [-0.3, -0.25) is 20.0 Å². The third-order valence-electron chi connectivity index (χ3n) is 2.87. The molecule has 0 aliphatic carbocycles. The number of hydrogen-bond donors (Lipinski definition) is 3. The average molecular weight is 296 g/mol. The monoisotopic (exact) mass is 296 g/mol. The van der Waals surface area contributed by atoms with Crippen LogP contribution in [0.5, 0.6) is 0 Å². The van der Waals surface area contributed by atoms with Gasteiger partial charge in [0.2, 0.25) is 0 Å². The highest BCUT2D eigenvalue weighted by atomic mass is 16.2. The van der Waals surface area contributed by atoms with Crippen molar-refractivity contribution in [2.75, 3.05) is 5.73 Å². The van der Waals surface area contributed by atoms with Crippen LogP contribution in [-0.4, -0.2) is 16.7 Å². The number of pyridine rings is 1. The largest absolute Gasteiger partial charge is 0.398 e. The molecule has 0 aliphatic heterocycles. The maximum atomic E-state index is 11.9. The predicted octanol–water partition coefficient (Wildman–Crippen LogP) is 1.68. The Labute approximate surface area is 128 Å². The molecule has 2 rings (SSSR count). The van der Waals surface area contributed by atoms with E-state index in [-0.39, 0.29) is 11.7 Å². The summed E-state index contributed by atoms with van der Waals surface area (Å²) < 4.78 is 0. The van der Waals surface area contributed by atoms with Crippen LogP contribution < -0.4 is 16.6 Å². The maximum absolute atomic E-state index is 11.9. The number of para-hydroxylation sites is 1. The Bertz CT molecular complexity index is 711. The number of nitrogens with one attached hydrogen (secondary N) is 2. The number of hydrogen-bond acceptors (Lipinski definition) is 5. The molecule has 22 heavy (non-hydrogen) atoms. The molecule has 0 spiro atoms. The average Bonchev–Trinajstić information content (AvgIpc) is 2.54. The minimum absolute atomic E-state index is 0.202. The van der Waals surface area contributed by atoms with E-state index in [1.54, 1.807) is 49.5 Å². The van der Waals surface area contributed by atoms with Crippen LogP contribution in [0.3, 0.4) is 0 Å². The fourth-order valence-corrected chi connectivity index (χ4v) is 1.75. The highest BCUT2D eigenvalue weighted by Gasteiger charge is 2.08. The number of allylic oxidation sites excluding steroid dienone is 2. The zero-order chi connectivity index (χ0) is 15.9. The molecule has 6 nitrogen and oxygen atoms in total. The van der Waals surface area contributed by atoms with Gasteiger partial charge in [0.25, 0.3) is 5.91 Å². The van der Waals surface area contributed by atoms with Crippen molar-refractivity contribution in [1.29, 1.82) is 0 Å². The van der Waals surface area contributed by atoms with Crippen LogP contribution in [0.25, 0.3) is 0 Å². The number of nitrogens with zero attached hydrogens (tertiary/aromatic N) is 1. The van der Waals surface area contributed by atoms with Crippen LogP contribution in [0.1, 0.15) is 27.6 Å². The number of carbonyl (C=O) groups excluding carboxylic acids is 2. The highest BCUT2D eigenvalue weighted by Crippen LogP contribution is 2.09. The lowest BCUT2D eigenvalue weighted by Crippen LogP contribution is -2.36. The number of ketones is 1. The molecule has 4 N–H and O–H groups in total. The molecule has 0 atom stereocenters. The van der Waals surface area contributed by atoms with Crippen LogP contribution >= 0.6 is 0 Å². The van der Waals surface area contributed by atoms with Gasteiger partial charge in [-0.2, -0.15) is 0 Å². The molecule has 112 valence electrons. The Kier molecular flexibility index (Phi) is 4.87. The number of aromatic nitrogens is 1. The van der Waals surface area contributed by atoms with E-state index >= 15 is 0 Å². The summed E-state index contributed by atoms with van der Waals surface area (Å²) in [5, 5.41) is 0. The number of carbonyl (C=O) groups is 2. The number of amides is 1. The van der Waals surface area contributed by atoms with E-state index in [2.05, 4.69) is 15.8 Å². The van der Waals surface area contributed by atoms with Crippen molar-refractivity contribution in [3.05, 3.63) is 71.7 Å². The highest BCUT2D eigenvalue weighted by molar-refractivity contribution is 6.04. The normalized spacial score (nSPS) is 10.9. The van der Waals surface area contributed by atoms with E-state index in [0.29, 0.717) is 22.5 Å². The summed E-state index contributed by atoms with van der Waals surface area (Å²) in [5.74, 6) is -0.578. The van der Waals surface area contributed by atoms with Crippen molar-refractivity contribution in [2.45, 2.75) is 6.92 Å². The van der Waals surface area contributed by atoms with Gasteiger partial charge in [-0.1, -0.05) is 12.1 Å². The second-order valence-electron chi connectivity index (χ2n) is 4.60. The van der Waals surface area contributed by atoms with Crippen molar-refractivity contribution in [2.24, 2.45) is 0 Å². The quantitative estimate of drug-likeness (QED) is 0.337. The van der Waals surface area contributed by atoms with Crippen LogP contribution in [-0.2, 0) is 0 Å². The van der Waals surface area contributed by atoms with Gasteiger partial charge in [-0.25, -0.2) is 0 Å². The lowest BCUT2D eigenvalue weighted by molar-refractivity contribution is 0.0937. The number of rotatable bonds is 5. The molecule has 0 unspecified atom stereocenters. The van der Waals surface area contributed by atoms with Crippen molar-refractivity contribution in [1.82, 2.24) is 15.8 Å². The molecule has 1 aromatic carbocycles. The van der Waals surface area contributed by atoms with E-state index in [0.717, 1.165) is 0 Å². The summed E-state index contributed by atoms with van der Waals surface area (Å²) >= 11 is 0. The van der Waals surface area contributed by atoms with Crippen molar-refractivity contribution in [3.8, 4) is 0 Å². The Morgan fingerprint density at radius 1 is 1.14 bits per heavy atom. The third-order valence-corrected chi connectivity index (χ3v) is 2.87. The summed E-state index contributed by atoms with van der Waals surface area (Å²) in [6, 6.07) is 10.1. The number of hydrazine groups is 1. The zero-order valence-electron chi connectivity index (χ0n) is 12.0. The minimum atomic E-state index is -0.375. The summed E-state index contributed by atoms with van der Waals surface area (Å²) in [7, 11) is 0. The first-order valence-corrected chi connectivity index (χ1v) is 6.61. The molecule has 0 saturated heterocycles.